The van der Waals surface area contributed by atoms with Gasteiger partial charge in [0.15, 0.2) is 0 Å². The molecular formula is C12H15ClFNO. The maximum atomic E-state index is 13.4. The van der Waals surface area contributed by atoms with Gasteiger partial charge in [0, 0.05) is 22.5 Å². The van der Waals surface area contributed by atoms with E-state index in [4.69, 9.17) is 11.6 Å². The quantitative estimate of drug-likeness (QED) is 0.850. The third-order valence-electron chi connectivity index (χ3n) is 2.14. The smallest absolute Gasteiger partial charge is 0.225 e. The molecule has 0 bridgehead atoms. The lowest BCUT2D eigenvalue weighted by atomic mass is 9.95. The van der Waals surface area contributed by atoms with Crippen molar-refractivity contribution in [1.29, 1.82) is 0 Å². The van der Waals surface area contributed by atoms with E-state index in [0.29, 0.717) is 10.6 Å². The summed E-state index contributed by atoms with van der Waals surface area (Å²) in [5.41, 5.74) is -0.0369. The molecule has 1 N–H and O–H groups in total. The fourth-order valence-electron chi connectivity index (χ4n) is 1.11. The Hall–Kier alpha value is -1.09. The maximum absolute atomic E-state index is 13.4. The van der Waals surface area contributed by atoms with E-state index >= 15 is 0 Å². The zero-order valence-corrected chi connectivity index (χ0v) is 10.4. The van der Waals surface area contributed by atoms with Crippen LogP contribution >= 0.6 is 11.6 Å². The zero-order valence-electron chi connectivity index (χ0n) is 9.60. The van der Waals surface area contributed by atoms with Gasteiger partial charge in [-0.3, -0.25) is 4.79 Å². The highest BCUT2D eigenvalue weighted by molar-refractivity contribution is 6.30. The van der Waals surface area contributed by atoms with Gasteiger partial charge in [-0.25, -0.2) is 4.39 Å². The van der Waals surface area contributed by atoms with Crippen molar-refractivity contribution in [2.45, 2.75) is 27.3 Å². The molecule has 0 aromatic heterocycles. The van der Waals surface area contributed by atoms with Crippen LogP contribution in [0.2, 0.25) is 5.02 Å². The molecular weight excluding hydrogens is 229 g/mol. The molecule has 4 heteroatoms. The van der Waals surface area contributed by atoms with Crippen molar-refractivity contribution in [3.8, 4) is 0 Å². The number of hydrogen-bond acceptors (Lipinski definition) is 1. The van der Waals surface area contributed by atoms with Gasteiger partial charge in [0.1, 0.15) is 5.82 Å². The molecule has 88 valence electrons. The zero-order chi connectivity index (χ0) is 12.3. The van der Waals surface area contributed by atoms with Crippen LogP contribution in [0.25, 0.3) is 0 Å². The van der Waals surface area contributed by atoms with Gasteiger partial charge in [0.25, 0.3) is 0 Å². The van der Waals surface area contributed by atoms with Crippen LogP contribution < -0.4 is 5.32 Å². The van der Waals surface area contributed by atoms with E-state index in [0.717, 1.165) is 0 Å². The number of nitrogens with one attached hydrogen (secondary N) is 1. The first-order chi connectivity index (χ1) is 7.30. The summed E-state index contributed by atoms with van der Waals surface area (Å²) in [7, 11) is 0. The molecule has 0 aliphatic heterocycles. The number of halogens is 2. The molecule has 1 rings (SSSR count). The summed E-state index contributed by atoms with van der Waals surface area (Å²) in [5, 5.41) is 3.03. The van der Waals surface area contributed by atoms with Gasteiger partial charge >= 0.3 is 0 Å². The molecule has 0 aliphatic carbocycles. The van der Waals surface area contributed by atoms with E-state index < -0.39 is 11.2 Å². The second-order valence-corrected chi connectivity index (χ2v) is 5.10. The Balaban J connectivity index is 2.65. The summed E-state index contributed by atoms with van der Waals surface area (Å²) in [6, 6.07) is 4.41. The predicted octanol–water partition coefficient (Wildman–Crippen LogP) is 3.14. The Morgan fingerprint density at radius 3 is 2.56 bits per heavy atom. The molecule has 0 saturated carbocycles. The van der Waals surface area contributed by atoms with Crippen molar-refractivity contribution < 1.29 is 9.18 Å². The van der Waals surface area contributed by atoms with Crippen molar-refractivity contribution in [3.63, 3.8) is 0 Å². The van der Waals surface area contributed by atoms with Crippen LogP contribution in [0, 0.1) is 11.2 Å². The highest BCUT2D eigenvalue weighted by Gasteiger charge is 2.20. The molecule has 0 radical (unpaired) electrons. The summed E-state index contributed by atoms with van der Waals surface area (Å²) in [6.07, 6.45) is 0. The molecule has 0 aliphatic rings. The monoisotopic (exact) mass is 243 g/mol. The Bertz CT molecular complexity index is 398. The lowest BCUT2D eigenvalue weighted by Crippen LogP contribution is -2.34. The predicted molar refractivity (Wildman–Crippen MR) is 62.7 cm³/mol. The molecule has 1 aromatic rings. The van der Waals surface area contributed by atoms with Crippen LogP contribution in [-0.2, 0) is 11.3 Å². The number of carbonyl (C=O) groups is 1. The van der Waals surface area contributed by atoms with Crippen LogP contribution in [0.1, 0.15) is 26.3 Å². The molecule has 0 unspecified atom stereocenters. The number of hydrogen-bond donors (Lipinski definition) is 1. The Labute approximate surface area is 99.8 Å². The minimum atomic E-state index is -0.469. The molecule has 0 fully saturated rings. The third-order valence-corrected chi connectivity index (χ3v) is 2.37. The summed E-state index contributed by atoms with van der Waals surface area (Å²) < 4.78 is 13.4. The average Bonchev–Trinajstić information content (AvgIpc) is 2.14. The molecule has 0 atom stereocenters. The summed E-state index contributed by atoms with van der Waals surface area (Å²) >= 11 is 5.62. The average molecular weight is 244 g/mol. The Morgan fingerprint density at radius 1 is 1.44 bits per heavy atom. The minimum absolute atomic E-state index is 0.109. The first-order valence-corrected chi connectivity index (χ1v) is 5.41. The molecule has 0 heterocycles. The van der Waals surface area contributed by atoms with E-state index in [2.05, 4.69) is 5.32 Å². The minimum Gasteiger partial charge on any atom is -0.351 e. The lowest BCUT2D eigenvalue weighted by Gasteiger charge is -2.17. The van der Waals surface area contributed by atoms with E-state index in [9.17, 15) is 9.18 Å². The van der Waals surface area contributed by atoms with Crippen molar-refractivity contribution in [1.82, 2.24) is 5.32 Å². The van der Waals surface area contributed by atoms with Crippen molar-refractivity contribution >= 4 is 17.5 Å². The Kier molecular flexibility index (Phi) is 3.92. The Morgan fingerprint density at radius 2 is 2.06 bits per heavy atom. The van der Waals surface area contributed by atoms with Gasteiger partial charge in [0.05, 0.1) is 0 Å². The van der Waals surface area contributed by atoms with E-state index in [1.165, 1.54) is 6.07 Å². The number of carbonyl (C=O) groups excluding carboxylic acids is 1. The van der Waals surface area contributed by atoms with Crippen LogP contribution in [-0.4, -0.2) is 5.91 Å². The second kappa shape index (κ2) is 4.83. The molecule has 16 heavy (non-hydrogen) atoms. The SMILES string of the molecule is CC(C)(C)C(=O)NCc1ccc(Cl)cc1F. The number of rotatable bonds is 2. The molecule has 1 aromatic carbocycles. The van der Waals surface area contributed by atoms with Gasteiger partial charge in [-0.2, -0.15) is 0 Å². The standard InChI is InChI=1S/C12H15ClFNO/c1-12(2,3)11(16)15-7-8-4-5-9(13)6-10(8)14/h4-6H,7H2,1-3H3,(H,15,16). The molecule has 0 saturated heterocycles. The molecule has 1 amide bonds. The topological polar surface area (TPSA) is 29.1 Å². The third kappa shape index (κ3) is 3.49. The first-order valence-electron chi connectivity index (χ1n) is 5.03. The first kappa shape index (κ1) is 13.0. The molecule has 2 nitrogen and oxygen atoms in total. The van der Waals surface area contributed by atoms with Crippen LogP contribution in [0.15, 0.2) is 18.2 Å². The normalized spacial score (nSPS) is 11.3. The van der Waals surface area contributed by atoms with E-state index in [1.807, 2.05) is 0 Å². The van der Waals surface area contributed by atoms with Crippen LogP contribution in [0.5, 0.6) is 0 Å². The highest BCUT2D eigenvalue weighted by atomic mass is 35.5. The number of benzene rings is 1. The fraction of sp³-hybridized carbons (Fsp3) is 0.417. The summed E-state index contributed by atoms with van der Waals surface area (Å²) in [5.74, 6) is -0.511. The molecule has 0 spiro atoms. The van der Waals surface area contributed by atoms with E-state index in [1.54, 1.807) is 32.9 Å². The van der Waals surface area contributed by atoms with Gasteiger partial charge in [0.2, 0.25) is 5.91 Å². The van der Waals surface area contributed by atoms with Crippen LogP contribution in [0.4, 0.5) is 4.39 Å². The number of amides is 1. The summed E-state index contributed by atoms with van der Waals surface area (Å²) in [6.45, 7) is 5.60. The van der Waals surface area contributed by atoms with Crippen molar-refractivity contribution in [2.24, 2.45) is 5.41 Å². The maximum Gasteiger partial charge on any atom is 0.225 e. The van der Waals surface area contributed by atoms with Crippen molar-refractivity contribution in [3.05, 3.63) is 34.6 Å². The highest BCUT2D eigenvalue weighted by Crippen LogP contribution is 2.16. The van der Waals surface area contributed by atoms with Gasteiger partial charge in [-0.05, 0) is 12.1 Å². The lowest BCUT2D eigenvalue weighted by molar-refractivity contribution is -0.128. The summed E-state index contributed by atoms with van der Waals surface area (Å²) in [4.78, 5) is 11.6. The van der Waals surface area contributed by atoms with Gasteiger partial charge in [-0.1, -0.05) is 38.4 Å². The van der Waals surface area contributed by atoms with Gasteiger partial charge < -0.3 is 5.32 Å². The van der Waals surface area contributed by atoms with Crippen molar-refractivity contribution in [2.75, 3.05) is 0 Å². The van der Waals surface area contributed by atoms with Crippen LogP contribution in [0.3, 0.4) is 0 Å². The largest absolute Gasteiger partial charge is 0.351 e. The van der Waals surface area contributed by atoms with Gasteiger partial charge in [-0.15, -0.1) is 0 Å². The van der Waals surface area contributed by atoms with E-state index in [-0.39, 0.29) is 12.5 Å². The fourth-order valence-corrected chi connectivity index (χ4v) is 1.26. The second-order valence-electron chi connectivity index (χ2n) is 4.67.